The third-order valence-corrected chi connectivity index (χ3v) is 7.05. The third kappa shape index (κ3) is 4.42. The maximum atomic E-state index is 5.92. The van der Waals surface area contributed by atoms with Gasteiger partial charge >= 0.3 is 0 Å². The van der Waals surface area contributed by atoms with Crippen molar-refractivity contribution in [2.75, 3.05) is 13.2 Å². The molecule has 1 nitrogen and oxygen atoms in total. The van der Waals surface area contributed by atoms with Gasteiger partial charge in [-0.3, -0.25) is 0 Å². The van der Waals surface area contributed by atoms with Crippen LogP contribution >= 0.6 is 0 Å². The standard InChI is InChI=1S/C20H25OSi/c1-4-5-16-21-17-20(2,3)22(18-12-8-6-9-13-18)19-14-10-7-11-15-19/h4,6-15H,1,5,16-17H2,2-3H3. The quantitative estimate of drug-likeness (QED) is 0.411. The Kier molecular flexibility index (Phi) is 6.17. The van der Waals surface area contributed by atoms with E-state index in [2.05, 4.69) is 81.1 Å². The lowest BCUT2D eigenvalue weighted by Gasteiger charge is -2.33. The second kappa shape index (κ2) is 8.11. The van der Waals surface area contributed by atoms with Crippen molar-refractivity contribution in [3.05, 3.63) is 73.3 Å². The maximum Gasteiger partial charge on any atom is 0.129 e. The molecule has 0 fully saturated rings. The van der Waals surface area contributed by atoms with Gasteiger partial charge < -0.3 is 4.74 Å². The average Bonchev–Trinajstić information content (AvgIpc) is 2.54. The van der Waals surface area contributed by atoms with Crippen molar-refractivity contribution in [2.45, 2.75) is 25.3 Å². The van der Waals surface area contributed by atoms with Gasteiger partial charge in [-0.05, 0) is 11.5 Å². The van der Waals surface area contributed by atoms with Crippen molar-refractivity contribution in [2.24, 2.45) is 0 Å². The first-order valence-electron chi connectivity index (χ1n) is 7.82. The van der Waals surface area contributed by atoms with Crippen LogP contribution in [0.4, 0.5) is 0 Å². The molecule has 0 aliphatic rings. The van der Waals surface area contributed by atoms with E-state index in [1.165, 1.54) is 10.4 Å². The van der Waals surface area contributed by atoms with Crippen LogP contribution in [0.5, 0.6) is 0 Å². The highest BCUT2D eigenvalue weighted by Gasteiger charge is 2.34. The Balaban J connectivity index is 2.26. The summed E-state index contributed by atoms with van der Waals surface area (Å²) < 4.78 is 5.92. The minimum Gasteiger partial charge on any atom is -0.381 e. The smallest absolute Gasteiger partial charge is 0.129 e. The predicted octanol–water partition coefficient (Wildman–Crippen LogP) is 3.67. The highest BCUT2D eigenvalue weighted by atomic mass is 28.3. The molecule has 2 heteroatoms. The summed E-state index contributed by atoms with van der Waals surface area (Å²) in [4.78, 5) is 0. The number of benzene rings is 2. The Morgan fingerprint density at radius 1 is 0.955 bits per heavy atom. The Bertz CT molecular complexity index is 523. The summed E-state index contributed by atoms with van der Waals surface area (Å²) in [6.07, 6.45) is 2.82. The van der Waals surface area contributed by atoms with E-state index < -0.39 is 8.80 Å². The Hall–Kier alpha value is -1.64. The second-order valence-corrected chi connectivity index (χ2v) is 9.38. The summed E-state index contributed by atoms with van der Waals surface area (Å²) in [6, 6.07) is 21.7. The first kappa shape index (κ1) is 16.7. The van der Waals surface area contributed by atoms with Crippen LogP contribution in [0, 0.1) is 0 Å². The highest BCUT2D eigenvalue weighted by Crippen LogP contribution is 2.28. The molecule has 0 heterocycles. The second-order valence-electron chi connectivity index (χ2n) is 6.12. The molecule has 2 aromatic carbocycles. The number of rotatable bonds is 8. The number of hydrogen-bond acceptors (Lipinski definition) is 1. The molecule has 1 radical (unpaired) electrons. The van der Waals surface area contributed by atoms with Gasteiger partial charge in [0.1, 0.15) is 8.80 Å². The minimum atomic E-state index is -0.914. The first-order chi connectivity index (χ1) is 10.6. The molecule has 0 aliphatic carbocycles. The molecule has 0 N–H and O–H groups in total. The van der Waals surface area contributed by atoms with Gasteiger partial charge in [-0.2, -0.15) is 0 Å². The zero-order chi connectivity index (χ0) is 15.8. The Morgan fingerprint density at radius 3 is 1.91 bits per heavy atom. The highest BCUT2D eigenvalue weighted by molar-refractivity contribution is 6.87. The van der Waals surface area contributed by atoms with E-state index in [1.54, 1.807) is 0 Å². The van der Waals surface area contributed by atoms with Gasteiger partial charge in [-0.1, -0.05) is 91.0 Å². The van der Waals surface area contributed by atoms with E-state index in [0.717, 1.165) is 19.6 Å². The van der Waals surface area contributed by atoms with Crippen LogP contribution in [0.3, 0.4) is 0 Å². The molecule has 115 valence electrons. The monoisotopic (exact) mass is 309 g/mol. The van der Waals surface area contributed by atoms with Crippen LogP contribution in [-0.2, 0) is 4.74 Å². The lowest BCUT2D eigenvalue weighted by Crippen LogP contribution is -2.51. The van der Waals surface area contributed by atoms with E-state index in [0.29, 0.717) is 0 Å². The molecule has 2 rings (SSSR count). The van der Waals surface area contributed by atoms with Gasteiger partial charge in [-0.25, -0.2) is 0 Å². The lowest BCUT2D eigenvalue weighted by atomic mass is 10.2. The lowest BCUT2D eigenvalue weighted by molar-refractivity contribution is 0.118. The van der Waals surface area contributed by atoms with Crippen molar-refractivity contribution in [1.29, 1.82) is 0 Å². The van der Waals surface area contributed by atoms with Gasteiger partial charge in [-0.15, -0.1) is 6.58 Å². The molecule has 0 aromatic heterocycles. The molecule has 0 unspecified atom stereocenters. The largest absolute Gasteiger partial charge is 0.381 e. The van der Waals surface area contributed by atoms with Crippen LogP contribution in [0.2, 0.25) is 5.04 Å². The third-order valence-electron chi connectivity index (χ3n) is 3.73. The molecule has 0 saturated heterocycles. The van der Waals surface area contributed by atoms with E-state index in [-0.39, 0.29) is 5.04 Å². The van der Waals surface area contributed by atoms with Gasteiger partial charge in [0.05, 0.1) is 6.61 Å². The summed E-state index contributed by atoms with van der Waals surface area (Å²) in [6.45, 7) is 9.94. The maximum absolute atomic E-state index is 5.92. The van der Waals surface area contributed by atoms with Crippen molar-refractivity contribution in [1.82, 2.24) is 0 Å². The molecular weight excluding hydrogens is 284 g/mol. The van der Waals surface area contributed by atoms with E-state index in [1.807, 2.05) is 6.08 Å². The summed E-state index contributed by atoms with van der Waals surface area (Å²) in [7, 11) is -0.914. The fourth-order valence-corrected chi connectivity index (χ4v) is 5.92. The molecular formula is C20H25OSi. The SMILES string of the molecule is C=CCCOCC(C)(C)[Si](c1ccccc1)c1ccccc1. The van der Waals surface area contributed by atoms with Gasteiger partial charge in [0.2, 0.25) is 0 Å². The molecule has 2 aromatic rings. The van der Waals surface area contributed by atoms with Crippen LogP contribution in [0.1, 0.15) is 20.3 Å². The van der Waals surface area contributed by atoms with Crippen LogP contribution < -0.4 is 10.4 Å². The normalized spacial score (nSPS) is 11.6. The fourth-order valence-electron chi connectivity index (χ4n) is 2.72. The predicted molar refractivity (Wildman–Crippen MR) is 97.6 cm³/mol. The molecule has 0 aliphatic heterocycles. The number of ether oxygens (including phenoxy) is 1. The Morgan fingerprint density at radius 2 is 1.45 bits per heavy atom. The van der Waals surface area contributed by atoms with Gasteiger partial charge in [0, 0.05) is 6.61 Å². The molecule has 0 bridgehead atoms. The molecule has 0 saturated carbocycles. The fraction of sp³-hybridized carbons (Fsp3) is 0.300. The molecule has 0 spiro atoms. The zero-order valence-electron chi connectivity index (χ0n) is 13.6. The van der Waals surface area contributed by atoms with Crippen molar-refractivity contribution >= 4 is 19.2 Å². The summed E-state index contributed by atoms with van der Waals surface area (Å²) in [5, 5.41) is 3.00. The Labute approximate surface area is 136 Å². The van der Waals surface area contributed by atoms with Gasteiger partial charge in [0.15, 0.2) is 0 Å². The summed E-state index contributed by atoms with van der Waals surface area (Å²) in [5.74, 6) is 0. The zero-order valence-corrected chi connectivity index (χ0v) is 14.6. The topological polar surface area (TPSA) is 9.23 Å². The van der Waals surface area contributed by atoms with Crippen molar-refractivity contribution in [3.8, 4) is 0 Å². The first-order valence-corrected chi connectivity index (χ1v) is 9.32. The number of hydrogen-bond donors (Lipinski definition) is 0. The summed E-state index contributed by atoms with van der Waals surface area (Å²) >= 11 is 0. The minimum absolute atomic E-state index is 0.120. The van der Waals surface area contributed by atoms with E-state index in [9.17, 15) is 0 Å². The molecule has 22 heavy (non-hydrogen) atoms. The molecule has 0 atom stereocenters. The van der Waals surface area contributed by atoms with E-state index >= 15 is 0 Å². The van der Waals surface area contributed by atoms with Gasteiger partial charge in [0.25, 0.3) is 0 Å². The van der Waals surface area contributed by atoms with Crippen LogP contribution in [-0.4, -0.2) is 22.0 Å². The van der Waals surface area contributed by atoms with Crippen LogP contribution in [0.25, 0.3) is 0 Å². The van der Waals surface area contributed by atoms with Crippen molar-refractivity contribution in [3.63, 3.8) is 0 Å². The van der Waals surface area contributed by atoms with E-state index in [4.69, 9.17) is 4.74 Å². The van der Waals surface area contributed by atoms with Crippen molar-refractivity contribution < 1.29 is 4.74 Å². The average molecular weight is 310 g/mol. The summed E-state index contributed by atoms with van der Waals surface area (Å²) in [5.41, 5.74) is 0. The van der Waals surface area contributed by atoms with Crippen LogP contribution in [0.15, 0.2) is 73.3 Å². The molecule has 0 amide bonds.